The van der Waals surface area contributed by atoms with E-state index in [0.717, 1.165) is 37.1 Å². The van der Waals surface area contributed by atoms with Gasteiger partial charge in [-0.2, -0.15) is 0 Å². The molecule has 4 heteroatoms. The predicted molar refractivity (Wildman–Crippen MR) is 84.5 cm³/mol. The standard InChI is InChI=1S/C15H22Cl2N2/c1-12(2)11-18-5-7-19(8-6-18)15-9-14(17)4-3-13(15)10-16/h3-4,9,12H,5-8,10-11H2,1-2H3. The highest BCUT2D eigenvalue weighted by Crippen LogP contribution is 2.27. The molecule has 0 bridgehead atoms. The molecule has 0 saturated carbocycles. The van der Waals surface area contributed by atoms with Gasteiger partial charge in [-0.25, -0.2) is 0 Å². The van der Waals surface area contributed by atoms with Crippen molar-refractivity contribution in [2.24, 2.45) is 5.92 Å². The lowest BCUT2D eigenvalue weighted by molar-refractivity contribution is 0.231. The first kappa shape index (κ1) is 15.0. The Morgan fingerprint density at radius 2 is 1.84 bits per heavy atom. The van der Waals surface area contributed by atoms with Crippen molar-refractivity contribution in [2.45, 2.75) is 19.7 Å². The van der Waals surface area contributed by atoms with Gasteiger partial charge in [0, 0.05) is 49.3 Å². The van der Waals surface area contributed by atoms with E-state index in [1.807, 2.05) is 18.2 Å². The first-order chi connectivity index (χ1) is 9.10. The van der Waals surface area contributed by atoms with Gasteiger partial charge in [0.25, 0.3) is 0 Å². The number of hydrogen-bond acceptors (Lipinski definition) is 2. The molecule has 0 unspecified atom stereocenters. The number of benzene rings is 1. The highest BCUT2D eigenvalue weighted by Gasteiger charge is 2.19. The SMILES string of the molecule is CC(C)CN1CCN(c2cc(Cl)ccc2CCl)CC1. The summed E-state index contributed by atoms with van der Waals surface area (Å²) in [5.41, 5.74) is 2.37. The summed E-state index contributed by atoms with van der Waals surface area (Å²) in [6.45, 7) is 10.1. The molecule has 1 saturated heterocycles. The van der Waals surface area contributed by atoms with Crippen LogP contribution < -0.4 is 4.90 Å². The van der Waals surface area contributed by atoms with E-state index >= 15 is 0 Å². The maximum absolute atomic E-state index is 6.11. The molecule has 0 radical (unpaired) electrons. The molecule has 1 aromatic rings. The summed E-state index contributed by atoms with van der Waals surface area (Å²) >= 11 is 12.1. The Balaban J connectivity index is 2.03. The highest BCUT2D eigenvalue weighted by molar-refractivity contribution is 6.31. The highest BCUT2D eigenvalue weighted by atomic mass is 35.5. The second-order valence-corrected chi connectivity index (χ2v) is 6.29. The first-order valence-electron chi connectivity index (χ1n) is 6.92. The molecule has 106 valence electrons. The van der Waals surface area contributed by atoms with Crippen LogP contribution in [0.3, 0.4) is 0 Å². The Morgan fingerprint density at radius 1 is 1.16 bits per heavy atom. The summed E-state index contributed by atoms with van der Waals surface area (Å²) in [7, 11) is 0. The zero-order valence-electron chi connectivity index (χ0n) is 11.7. The average Bonchev–Trinajstić information content (AvgIpc) is 2.39. The number of halogens is 2. The third-order valence-electron chi connectivity index (χ3n) is 3.53. The third kappa shape index (κ3) is 4.01. The Bertz CT molecular complexity index is 413. The van der Waals surface area contributed by atoms with Crippen LogP contribution in [-0.4, -0.2) is 37.6 Å². The summed E-state index contributed by atoms with van der Waals surface area (Å²) in [4.78, 5) is 4.94. The fourth-order valence-corrected chi connectivity index (χ4v) is 3.02. The molecule has 0 aromatic heterocycles. The lowest BCUT2D eigenvalue weighted by Crippen LogP contribution is -2.47. The zero-order chi connectivity index (χ0) is 13.8. The first-order valence-corrected chi connectivity index (χ1v) is 7.83. The van der Waals surface area contributed by atoms with Gasteiger partial charge in [-0.1, -0.05) is 31.5 Å². The molecular formula is C15H22Cl2N2. The minimum absolute atomic E-state index is 0.540. The van der Waals surface area contributed by atoms with Crippen molar-refractivity contribution in [1.82, 2.24) is 4.90 Å². The van der Waals surface area contributed by atoms with E-state index in [1.54, 1.807) is 0 Å². The summed E-state index contributed by atoms with van der Waals surface area (Å²) in [6, 6.07) is 5.99. The minimum atomic E-state index is 0.540. The van der Waals surface area contributed by atoms with E-state index in [1.165, 1.54) is 17.8 Å². The van der Waals surface area contributed by atoms with Crippen molar-refractivity contribution in [3.63, 3.8) is 0 Å². The molecule has 1 aromatic carbocycles. The van der Waals surface area contributed by atoms with Crippen LogP contribution >= 0.6 is 23.2 Å². The maximum Gasteiger partial charge on any atom is 0.0494 e. The smallest absolute Gasteiger partial charge is 0.0494 e. The van der Waals surface area contributed by atoms with E-state index < -0.39 is 0 Å². The Kier molecular flexibility index (Phi) is 5.37. The van der Waals surface area contributed by atoms with Gasteiger partial charge in [-0.05, 0) is 23.6 Å². The van der Waals surface area contributed by atoms with Crippen molar-refractivity contribution in [3.05, 3.63) is 28.8 Å². The van der Waals surface area contributed by atoms with Crippen molar-refractivity contribution in [1.29, 1.82) is 0 Å². The number of piperazine rings is 1. The molecule has 1 aliphatic rings. The van der Waals surface area contributed by atoms with Gasteiger partial charge >= 0.3 is 0 Å². The van der Waals surface area contributed by atoms with Gasteiger partial charge in [0.1, 0.15) is 0 Å². The van der Waals surface area contributed by atoms with Crippen LogP contribution in [0.1, 0.15) is 19.4 Å². The summed E-state index contributed by atoms with van der Waals surface area (Å²) < 4.78 is 0. The molecule has 0 amide bonds. The summed E-state index contributed by atoms with van der Waals surface area (Å²) in [5, 5.41) is 0.786. The molecule has 1 aliphatic heterocycles. The number of alkyl halides is 1. The molecule has 2 nitrogen and oxygen atoms in total. The van der Waals surface area contributed by atoms with Crippen molar-refractivity contribution in [3.8, 4) is 0 Å². The quantitative estimate of drug-likeness (QED) is 0.779. The van der Waals surface area contributed by atoms with Crippen LogP contribution in [0.4, 0.5) is 5.69 Å². The van der Waals surface area contributed by atoms with Gasteiger partial charge in [0.2, 0.25) is 0 Å². The van der Waals surface area contributed by atoms with Crippen LogP contribution in [0, 0.1) is 5.92 Å². The zero-order valence-corrected chi connectivity index (χ0v) is 13.2. The van der Waals surface area contributed by atoms with E-state index in [9.17, 15) is 0 Å². The second-order valence-electron chi connectivity index (χ2n) is 5.59. The predicted octanol–water partition coefficient (Wildman–Crippen LogP) is 3.86. The molecule has 0 N–H and O–H groups in total. The molecule has 0 spiro atoms. The van der Waals surface area contributed by atoms with Gasteiger partial charge in [0.05, 0.1) is 0 Å². The number of rotatable bonds is 4. The normalized spacial score (nSPS) is 17.2. The molecule has 0 atom stereocenters. The van der Waals surface area contributed by atoms with Crippen molar-refractivity contribution in [2.75, 3.05) is 37.6 Å². The molecule has 0 aliphatic carbocycles. The van der Waals surface area contributed by atoms with Gasteiger partial charge in [-0.3, -0.25) is 4.90 Å². The Labute approximate surface area is 126 Å². The number of nitrogens with zero attached hydrogens (tertiary/aromatic N) is 2. The average molecular weight is 301 g/mol. The van der Waals surface area contributed by atoms with E-state index in [2.05, 4.69) is 23.6 Å². The van der Waals surface area contributed by atoms with E-state index in [4.69, 9.17) is 23.2 Å². The summed E-state index contributed by atoms with van der Waals surface area (Å²) in [6.07, 6.45) is 0. The lowest BCUT2D eigenvalue weighted by atomic mass is 10.1. The molecular weight excluding hydrogens is 279 g/mol. The molecule has 1 heterocycles. The second kappa shape index (κ2) is 6.83. The van der Waals surface area contributed by atoms with Crippen LogP contribution in [0.15, 0.2) is 18.2 Å². The van der Waals surface area contributed by atoms with Crippen LogP contribution in [0.5, 0.6) is 0 Å². The maximum atomic E-state index is 6.11. The van der Waals surface area contributed by atoms with E-state index in [-0.39, 0.29) is 0 Å². The van der Waals surface area contributed by atoms with Crippen LogP contribution in [0.25, 0.3) is 0 Å². The fourth-order valence-electron chi connectivity index (χ4n) is 2.63. The summed E-state index contributed by atoms with van der Waals surface area (Å²) in [5.74, 6) is 1.27. The van der Waals surface area contributed by atoms with Gasteiger partial charge in [0.15, 0.2) is 0 Å². The Morgan fingerprint density at radius 3 is 2.42 bits per heavy atom. The van der Waals surface area contributed by atoms with Crippen LogP contribution in [-0.2, 0) is 5.88 Å². The number of hydrogen-bond donors (Lipinski definition) is 0. The molecule has 2 rings (SSSR count). The number of anilines is 1. The van der Waals surface area contributed by atoms with Gasteiger partial charge in [-0.15, -0.1) is 11.6 Å². The van der Waals surface area contributed by atoms with Crippen LogP contribution in [0.2, 0.25) is 5.02 Å². The van der Waals surface area contributed by atoms with E-state index in [0.29, 0.717) is 5.88 Å². The Hall–Kier alpha value is -0.440. The lowest BCUT2D eigenvalue weighted by Gasteiger charge is -2.37. The molecule has 19 heavy (non-hydrogen) atoms. The monoisotopic (exact) mass is 300 g/mol. The third-order valence-corrected chi connectivity index (χ3v) is 4.05. The molecule has 1 fully saturated rings. The minimum Gasteiger partial charge on any atom is -0.369 e. The topological polar surface area (TPSA) is 6.48 Å². The van der Waals surface area contributed by atoms with Gasteiger partial charge < -0.3 is 4.90 Å². The largest absolute Gasteiger partial charge is 0.369 e. The van der Waals surface area contributed by atoms with Crippen molar-refractivity contribution < 1.29 is 0 Å². The van der Waals surface area contributed by atoms with Crippen molar-refractivity contribution >= 4 is 28.9 Å². The fraction of sp³-hybridized carbons (Fsp3) is 0.600.